The molecule has 2 unspecified atom stereocenters. The molecule has 3 fully saturated rings. The highest BCUT2D eigenvalue weighted by atomic mass is 16.5. The SMILES string of the molecule is NC1(COc2ccc(-c3nc(Cc4ccc5c(cnn5C5CCCCO5)c4)n(C4CCCCO4)n3)cc2)COC1. The van der Waals surface area contributed by atoms with Crippen LogP contribution in [0.15, 0.2) is 48.7 Å². The minimum atomic E-state index is -0.390. The zero-order valence-electron chi connectivity index (χ0n) is 22.7. The maximum absolute atomic E-state index is 6.20. The lowest BCUT2D eigenvalue weighted by atomic mass is 10.0. The number of hydrogen-bond donors (Lipinski definition) is 1. The average molecular weight is 545 g/mol. The summed E-state index contributed by atoms with van der Waals surface area (Å²) in [6, 6.07) is 14.4. The zero-order valence-corrected chi connectivity index (χ0v) is 22.7. The molecule has 0 spiro atoms. The Morgan fingerprint density at radius 1 is 0.925 bits per heavy atom. The lowest BCUT2D eigenvalue weighted by molar-refractivity contribution is -0.0722. The number of rotatable bonds is 8. The number of nitrogens with two attached hydrogens (primary N) is 1. The molecule has 7 rings (SSSR count). The quantitative estimate of drug-likeness (QED) is 0.348. The van der Waals surface area contributed by atoms with Gasteiger partial charge in [-0.05, 0) is 80.5 Å². The van der Waals surface area contributed by atoms with Crippen LogP contribution in [-0.4, -0.2) is 63.1 Å². The van der Waals surface area contributed by atoms with Crippen LogP contribution < -0.4 is 10.5 Å². The molecule has 4 aromatic rings. The monoisotopic (exact) mass is 544 g/mol. The third kappa shape index (κ3) is 5.24. The molecule has 0 radical (unpaired) electrons. The van der Waals surface area contributed by atoms with Gasteiger partial charge in [0.05, 0.1) is 30.5 Å². The van der Waals surface area contributed by atoms with Crippen LogP contribution >= 0.6 is 0 Å². The zero-order chi connectivity index (χ0) is 26.9. The van der Waals surface area contributed by atoms with Crippen LogP contribution in [0.3, 0.4) is 0 Å². The van der Waals surface area contributed by atoms with E-state index in [-0.39, 0.29) is 18.0 Å². The normalized spacial score (nSPS) is 22.7. The van der Waals surface area contributed by atoms with E-state index in [1.54, 1.807) is 0 Å². The number of nitrogens with zero attached hydrogens (tertiary/aromatic N) is 5. The molecule has 40 heavy (non-hydrogen) atoms. The van der Waals surface area contributed by atoms with Gasteiger partial charge in [-0.3, -0.25) is 0 Å². The Kier molecular flexibility index (Phi) is 7.01. The van der Waals surface area contributed by atoms with Gasteiger partial charge in [-0.25, -0.2) is 14.3 Å². The Balaban J connectivity index is 1.13. The molecule has 10 heteroatoms. The molecule has 3 saturated heterocycles. The van der Waals surface area contributed by atoms with Crippen molar-refractivity contribution in [3.05, 3.63) is 60.0 Å². The average Bonchev–Trinajstić information content (AvgIpc) is 3.61. The van der Waals surface area contributed by atoms with Crippen LogP contribution in [0.1, 0.15) is 62.4 Å². The summed E-state index contributed by atoms with van der Waals surface area (Å²) in [5.41, 5.74) is 9.00. The molecule has 2 aromatic heterocycles. The maximum atomic E-state index is 6.20. The minimum absolute atomic E-state index is 0.0200. The number of hydrogen-bond acceptors (Lipinski definition) is 8. The summed E-state index contributed by atoms with van der Waals surface area (Å²) in [4.78, 5) is 5.00. The van der Waals surface area contributed by atoms with Gasteiger partial charge >= 0.3 is 0 Å². The van der Waals surface area contributed by atoms with Crippen molar-refractivity contribution in [1.82, 2.24) is 24.5 Å². The second-order valence-electron chi connectivity index (χ2n) is 11.3. The Morgan fingerprint density at radius 3 is 2.35 bits per heavy atom. The fourth-order valence-corrected chi connectivity index (χ4v) is 5.66. The van der Waals surface area contributed by atoms with Gasteiger partial charge in [0.25, 0.3) is 0 Å². The van der Waals surface area contributed by atoms with Gasteiger partial charge in [-0.15, -0.1) is 5.10 Å². The van der Waals surface area contributed by atoms with E-state index in [9.17, 15) is 0 Å². The first-order chi connectivity index (χ1) is 19.6. The molecule has 0 bridgehead atoms. The molecule has 210 valence electrons. The van der Waals surface area contributed by atoms with E-state index in [1.807, 2.05) is 39.8 Å². The van der Waals surface area contributed by atoms with Crippen LogP contribution in [0.25, 0.3) is 22.3 Å². The Bertz CT molecular complexity index is 1450. The molecule has 2 N–H and O–H groups in total. The highest BCUT2D eigenvalue weighted by molar-refractivity contribution is 5.79. The summed E-state index contributed by atoms with van der Waals surface area (Å²) in [5.74, 6) is 2.34. The number of benzene rings is 2. The van der Waals surface area contributed by atoms with Crippen LogP contribution in [0.4, 0.5) is 0 Å². The summed E-state index contributed by atoms with van der Waals surface area (Å²) in [6.45, 7) is 3.03. The van der Waals surface area contributed by atoms with Crippen molar-refractivity contribution >= 4 is 10.9 Å². The third-order valence-corrected chi connectivity index (χ3v) is 8.00. The smallest absolute Gasteiger partial charge is 0.181 e. The van der Waals surface area contributed by atoms with Gasteiger partial charge in [0.15, 0.2) is 18.3 Å². The Morgan fingerprint density at radius 2 is 1.68 bits per heavy atom. The van der Waals surface area contributed by atoms with Crippen molar-refractivity contribution in [1.29, 1.82) is 0 Å². The van der Waals surface area contributed by atoms with Gasteiger partial charge in [0, 0.05) is 30.6 Å². The van der Waals surface area contributed by atoms with Crippen molar-refractivity contribution in [2.45, 2.75) is 62.9 Å². The van der Waals surface area contributed by atoms with Gasteiger partial charge in [0.2, 0.25) is 0 Å². The molecule has 3 aliphatic heterocycles. The molecular weight excluding hydrogens is 508 g/mol. The minimum Gasteiger partial charge on any atom is -0.491 e. The first kappa shape index (κ1) is 25.6. The largest absolute Gasteiger partial charge is 0.491 e. The van der Waals surface area contributed by atoms with Crippen LogP contribution in [0, 0.1) is 0 Å². The van der Waals surface area contributed by atoms with E-state index < -0.39 is 0 Å². The van der Waals surface area contributed by atoms with Gasteiger partial charge in [-0.1, -0.05) is 6.07 Å². The van der Waals surface area contributed by atoms with E-state index >= 15 is 0 Å². The summed E-state index contributed by atoms with van der Waals surface area (Å²) in [6.07, 6.45) is 8.92. The first-order valence-corrected chi connectivity index (χ1v) is 14.4. The van der Waals surface area contributed by atoms with E-state index in [2.05, 4.69) is 23.3 Å². The molecule has 10 nitrogen and oxygen atoms in total. The first-order valence-electron chi connectivity index (χ1n) is 14.4. The molecule has 0 aliphatic carbocycles. The third-order valence-electron chi connectivity index (χ3n) is 8.00. The number of ether oxygens (including phenoxy) is 4. The second-order valence-corrected chi connectivity index (χ2v) is 11.3. The highest BCUT2D eigenvalue weighted by Crippen LogP contribution is 2.30. The molecule has 5 heterocycles. The lowest BCUT2D eigenvalue weighted by Gasteiger charge is -2.37. The number of aromatic nitrogens is 5. The van der Waals surface area contributed by atoms with Crippen molar-refractivity contribution in [2.75, 3.05) is 33.0 Å². The molecular formula is C30H36N6O4. The van der Waals surface area contributed by atoms with E-state index in [4.69, 9.17) is 34.8 Å². The Labute approximate surface area is 233 Å². The molecule has 0 saturated carbocycles. The highest BCUT2D eigenvalue weighted by Gasteiger charge is 2.35. The summed E-state index contributed by atoms with van der Waals surface area (Å²) in [5, 5.41) is 10.7. The van der Waals surface area contributed by atoms with Gasteiger partial charge in [0.1, 0.15) is 18.2 Å². The molecule has 2 atom stereocenters. The molecule has 3 aliphatic rings. The van der Waals surface area contributed by atoms with Crippen molar-refractivity contribution in [3.63, 3.8) is 0 Å². The van der Waals surface area contributed by atoms with E-state index in [1.165, 1.54) is 6.42 Å². The summed E-state index contributed by atoms with van der Waals surface area (Å²) < 4.78 is 27.2. The van der Waals surface area contributed by atoms with Gasteiger partial charge in [-0.2, -0.15) is 5.10 Å². The number of fused-ring (bicyclic) bond motifs is 1. The maximum Gasteiger partial charge on any atom is 0.181 e. The van der Waals surface area contributed by atoms with Crippen LogP contribution in [0.5, 0.6) is 5.75 Å². The van der Waals surface area contributed by atoms with E-state index in [0.29, 0.717) is 32.1 Å². The Hall–Kier alpha value is -3.31. The lowest BCUT2D eigenvalue weighted by Crippen LogP contribution is -2.61. The predicted octanol–water partition coefficient (Wildman–Crippen LogP) is 4.39. The molecule has 0 amide bonds. The van der Waals surface area contributed by atoms with Crippen LogP contribution in [0.2, 0.25) is 0 Å². The second kappa shape index (κ2) is 10.9. The van der Waals surface area contributed by atoms with Crippen molar-refractivity contribution < 1.29 is 18.9 Å². The van der Waals surface area contributed by atoms with Gasteiger partial charge < -0.3 is 24.7 Å². The summed E-state index contributed by atoms with van der Waals surface area (Å²) in [7, 11) is 0. The fraction of sp³-hybridized carbons (Fsp3) is 0.500. The standard InChI is InChI=1S/C30H36N6O4/c31-30(18-37-19-30)20-40-24-10-8-22(9-11-24)29-33-26(36(34-29)28-6-2-4-14-39-28)16-21-7-12-25-23(15-21)17-32-35(25)27-5-1-3-13-38-27/h7-12,15,17,27-28H,1-6,13-14,16,18-20,31H2. The van der Waals surface area contributed by atoms with Crippen molar-refractivity contribution in [3.8, 4) is 17.1 Å². The van der Waals surface area contributed by atoms with Crippen molar-refractivity contribution in [2.24, 2.45) is 5.73 Å². The van der Waals surface area contributed by atoms with Crippen LogP contribution in [-0.2, 0) is 20.6 Å². The van der Waals surface area contributed by atoms with E-state index in [0.717, 1.165) is 78.9 Å². The molecule has 2 aromatic carbocycles. The fourth-order valence-electron chi connectivity index (χ4n) is 5.66. The summed E-state index contributed by atoms with van der Waals surface area (Å²) >= 11 is 0. The topological polar surface area (TPSA) is 111 Å². The predicted molar refractivity (Wildman–Crippen MR) is 149 cm³/mol.